The Hall–Kier alpha value is -1.76. The smallest absolute Gasteiger partial charge is 0.406 e. The van der Waals surface area contributed by atoms with Crippen molar-refractivity contribution in [3.63, 3.8) is 0 Å². The predicted molar refractivity (Wildman–Crippen MR) is 77.0 cm³/mol. The van der Waals surface area contributed by atoms with Gasteiger partial charge in [0.15, 0.2) is 0 Å². The summed E-state index contributed by atoms with van der Waals surface area (Å²) in [5.41, 5.74) is 5.78. The highest BCUT2D eigenvalue weighted by Crippen LogP contribution is 2.25. The van der Waals surface area contributed by atoms with Gasteiger partial charge in [-0.05, 0) is 30.5 Å². The first-order valence-corrected chi connectivity index (χ1v) is 7.09. The van der Waals surface area contributed by atoms with Crippen LogP contribution in [0.25, 0.3) is 0 Å². The van der Waals surface area contributed by atoms with Crippen molar-refractivity contribution in [2.75, 3.05) is 6.54 Å². The number of amides is 1. The van der Waals surface area contributed by atoms with Gasteiger partial charge in [-0.15, -0.1) is 13.2 Å². The van der Waals surface area contributed by atoms with Gasteiger partial charge in [0.2, 0.25) is 5.91 Å². The van der Waals surface area contributed by atoms with E-state index in [1.165, 1.54) is 24.3 Å². The molecule has 3 N–H and O–H groups in total. The average Bonchev–Trinajstić information content (AvgIpc) is 2.47. The van der Waals surface area contributed by atoms with Gasteiger partial charge in [0.1, 0.15) is 5.75 Å². The number of alkyl halides is 3. The highest BCUT2D eigenvalue weighted by atomic mass is 19.4. The molecule has 0 aliphatic carbocycles. The molecule has 0 aliphatic rings. The highest BCUT2D eigenvalue weighted by molar-refractivity contribution is 5.82. The summed E-state index contributed by atoms with van der Waals surface area (Å²) in [6, 6.07) is 5.38. The summed E-state index contributed by atoms with van der Waals surface area (Å²) in [6.45, 7) is 4.29. The van der Waals surface area contributed by atoms with Gasteiger partial charge in [-0.1, -0.05) is 26.0 Å². The first kappa shape index (κ1) is 18.3. The normalized spacial score (nSPS) is 12.1. The van der Waals surface area contributed by atoms with Crippen molar-refractivity contribution < 1.29 is 22.7 Å². The molecule has 0 unspecified atom stereocenters. The summed E-state index contributed by atoms with van der Waals surface area (Å²) in [6.07, 6.45) is -3.45. The Balaban J connectivity index is 2.63. The highest BCUT2D eigenvalue weighted by Gasteiger charge is 2.33. The second-order valence-corrected chi connectivity index (χ2v) is 5.07. The lowest BCUT2D eigenvalue weighted by molar-refractivity contribution is -0.274. The van der Waals surface area contributed by atoms with E-state index in [0.29, 0.717) is 18.4 Å². The molecule has 0 saturated heterocycles. The van der Waals surface area contributed by atoms with Gasteiger partial charge in [0.25, 0.3) is 0 Å². The van der Waals surface area contributed by atoms with Crippen molar-refractivity contribution in [3.05, 3.63) is 29.8 Å². The van der Waals surface area contributed by atoms with E-state index in [2.05, 4.69) is 10.1 Å². The number of carbonyl (C=O) groups is 1. The van der Waals surface area contributed by atoms with E-state index in [9.17, 15) is 18.0 Å². The molecule has 4 nitrogen and oxygen atoms in total. The third-order valence-corrected chi connectivity index (χ3v) is 3.84. The lowest BCUT2D eigenvalue weighted by atomic mass is 9.81. The molecule has 1 rings (SSSR count). The zero-order valence-corrected chi connectivity index (χ0v) is 12.7. The third-order valence-electron chi connectivity index (χ3n) is 3.84. The van der Waals surface area contributed by atoms with Crippen LogP contribution in [0, 0.1) is 5.41 Å². The number of hydrogen-bond donors (Lipinski definition) is 2. The van der Waals surface area contributed by atoms with Gasteiger partial charge in [-0.2, -0.15) is 0 Å². The second kappa shape index (κ2) is 7.49. The van der Waals surface area contributed by atoms with Crippen LogP contribution in [0.5, 0.6) is 5.75 Å². The van der Waals surface area contributed by atoms with Crippen LogP contribution in [0.4, 0.5) is 13.2 Å². The van der Waals surface area contributed by atoms with E-state index in [-0.39, 0.29) is 24.7 Å². The molecule has 0 spiro atoms. The first-order chi connectivity index (χ1) is 10.3. The molecule has 22 heavy (non-hydrogen) atoms. The monoisotopic (exact) mass is 318 g/mol. The number of nitrogens with one attached hydrogen (secondary N) is 1. The minimum absolute atomic E-state index is 0.143. The maximum atomic E-state index is 12.2. The van der Waals surface area contributed by atoms with E-state index >= 15 is 0 Å². The summed E-state index contributed by atoms with van der Waals surface area (Å²) >= 11 is 0. The lowest BCUT2D eigenvalue weighted by Gasteiger charge is -2.28. The largest absolute Gasteiger partial charge is 0.573 e. The Labute approximate surface area is 127 Å². The molecule has 0 aliphatic heterocycles. The summed E-state index contributed by atoms with van der Waals surface area (Å²) in [5.74, 6) is -0.434. The van der Waals surface area contributed by atoms with Gasteiger partial charge in [0, 0.05) is 13.1 Å². The lowest BCUT2D eigenvalue weighted by Crippen LogP contribution is -2.45. The van der Waals surface area contributed by atoms with Crippen molar-refractivity contribution in [3.8, 4) is 5.75 Å². The summed E-state index contributed by atoms with van der Waals surface area (Å²) < 4.78 is 39.9. The molecule has 0 atom stereocenters. The molecule has 1 aromatic rings. The van der Waals surface area contributed by atoms with Crippen LogP contribution in [-0.4, -0.2) is 18.8 Å². The topological polar surface area (TPSA) is 64.4 Å². The molecule has 1 amide bonds. The SMILES string of the molecule is CCC(CC)(CN)C(=O)NCc1ccc(OC(F)(F)F)cc1. The van der Waals surface area contributed by atoms with E-state index in [1.54, 1.807) is 0 Å². The fraction of sp³-hybridized carbons (Fsp3) is 0.533. The van der Waals surface area contributed by atoms with Crippen molar-refractivity contribution in [1.82, 2.24) is 5.32 Å². The minimum atomic E-state index is -4.71. The number of carbonyl (C=O) groups excluding carboxylic acids is 1. The Kier molecular flexibility index (Phi) is 6.22. The molecule has 0 radical (unpaired) electrons. The van der Waals surface area contributed by atoms with Gasteiger partial charge >= 0.3 is 6.36 Å². The summed E-state index contributed by atoms with van der Waals surface area (Å²) in [7, 11) is 0. The molecule has 0 saturated carbocycles. The number of nitrogens with two attached hydrogens (primary N) is 1. The first-order valence-electron chi connectivity index (χ1n) is 7.09. The van der Waals surface area contributed by atoms with Crippen molar-refractivity contribution >= 4 is 5.91 Å². The quantitative estimate of drug-likeness (QED) is 0.812. The molecule has 7 heteroatoms. The van der Waals surface area contributed by atoms with E-state index in [0.717, 1.165) is 0 Å². The zero-order chi connectivity index (χ0) is 16.8. The van der Waals surface area contributed by atoms with Gasteiger partial charge in [-0.25, -0.2) is 0 Å². The van der Waals surface area contributed by atoms with Crippen LogP contribution in [0.3, 0.4) is 0 Å². The molecular formula is C15H21F3N2O2. The molecule has 0 heterocycles. The van der Waals surface area contributed by atoms with Gasteiger partial charge in [-0.3, -0.25) is 4.79 Å². The molecule has 124 valence electrons. The Morgan fingerprint density at radius 1 is 1.18 bits per heavy atom. The van der Waals surface area contributed by atoms with Crippen LogP contribution < -0.4 is 15.8 Å². The number of hydrogen-bond acceptors (Lipinski definition) is 3. The summed E-state index contributed by atoms with van der Waals surface area (Å²) in [5, 5.41) is 2.78. The van der Waals surface area contributed by atoms with Crippen molar-refractivity contribution in [2.45, 2.75) is 39.6 Å². The van der Waals surface area contributed by atoms with Crippen molar-refractivity contribution in [1.29, 1.82) is 0 Å². The van der Waals surface area contributed by atoms with E-state index in [4.69, 9.17) is 5.73 Å². The molecular weight excluding hydrogens is 297 g/mol. The Bertz CT molecular complexity index is 474. The maximum Gasteiger partial charge on any atom is 0.573 e. The zero-order valence-electron chi connectivity index (χ0n) is 12.7. The number of ether oxygens (including phenoxy) is 1. The molecule has 0 fully saturated rings. The second-order valence-electron chi connectivity index (χ2n) is 5.07. The van der Waals surface area contributed by atoms with E-state index in [1.807, 2.05) is 13.8 Å². The van der Waals surface area contributed by atoms with Gasteiger partial charge < -0.3 is 15.8 Å². The van der Waals surface area contributed by atoms with Crippen LogP contribution in [0.1, 0.15) is 32.3 Å². The maximum absolute atomic E-state index is 12.2. The number of halogens is 3. The van der Waals surface area contributed by atoms with E-state index < -0.39 is 11.8 Å². The molecule has 0 aromatic heterocycles. The Morgan fingerprint density at radius 2 is 1.73 bits per heavy atom. The average molecular weight is 318 g/mol. The summed E-state index contributed by atoms with van der Waals surface area (Å²) in [4.78, 5) is 12.2. The predicted octanol–water partition coefficient (Wildman–Crippen LogP) is 2.97. The fourth-order valence-corrected chi connectivity index (χ4v) is 2.13. The van der Waals surface area contributed by atoms with Crippen LogP contribution in [0.15, 0.2) is 24.3 Å². The number of benzene rings is 1. The fourth-order valence-electron chi connectivity index (χ4n) is 2.13. The van der Waals surface area contributed by atoms with Crippen LogP contribution in [0.2, 0.25) is 0 Å². The Morgan fingerprint density at radius 3 is 2.14 bits per heavy atom. The molecule has 0 bridgehead atoms. The number of rotatable bonds is 7. The van der Waals surface area contributed by atoms with Gasteiger partial charge in [0.05, 0.1) is 5.41 Å². The standard InChI is InChI=1S/C15H21F3N2O2/c1-3-14(4-2,10-19)13(21)20-9-11-5-7-12(8-6-11)22-15(16,17)18/h5-8H,3-4,9-10,19H2,1-2H3,(H,20,21). The third kappa shape index (κ3) is 4.91. The molecule has 1 aromatic carbocycles. The van der Waals surface area contributed by atoms with Crippen LogP contribution >= 0.6 is 0 Å². The van der Waals surface area contributed by atoms with Crippen LogP contribution in [-0.2, 0) is 11.3 Å². The minimum Gasteiger partial charge on any atom is -0.406 e. The van der Waals surface area contributed by atoms with Crippen molar-refractivity contribution in [2.24, 2.45) is 11.1 Å².